The van der Waals surface area contributed by atoms with Crippen molar-refractivity contribution in [3.63, 3.8) is 0 Å². The van der Waals surface area contributed by atoms with E-state index in [1.807, 2.05) is 24.1 Å². The van der Waals surface area contributed by atoms with Crippen LogP contribution in [0.2, 0.25) is 0 Å². The molecule has 0 bridgehead atoms. The van der Waals surface area contributed by atoms with Crippen LogP contribution in [0.15, 0.2) is 22.4 Å². The Morgan fingerprint density at radius 2 is 2.04 bits per heavy atom. The summed E-state index contributed by atoms with van der Waals surface area (Å²) in [4.78, 5) is 34.0. The van der Waals surface area contributed by atoms with Gasteiger partial charge in [0.25, 0.3) is 5.56 Å². The number of hydrogen-bond donors (Lipinski definition) is 1. The second kappa shape index (κ2) is 8.47. The molecule has 3 rings (SSSR count). The highest BCUT2D eigenvalue weighted by molar-refractivity contribution is 7.15. The van der Waals surface area contributed by atoms with Gasteiger partial charge in [-0.1, -0.05) is 13.3 Å². The molecule has 1 aliphatic rings. The minimum atomic E-state index is -0.780. The van der Waals surface area contributed by atoms with Gasteiger partial charge in [-0.15, -0.1) is 23.7 Å². The van der Waals surface area contributed by atoms with Crippen molar-refractivity contribution in [1.29, 1.82) is 0 Å². The number of carbonyl (C=O) groups is 1. The number of nitrogens with two attached hydrogens (primary N) is 1. The number of thiazole rings is 1. The topological polar surface area (TPSA) is 83.9 Å². The molecule has 3 heterocycles. The number of piperazine rings is 1. The second-order valence-corrected chi connectivity index (χ2v) is 7.75. The zero-order valence-corrected chi connectivity index (χ0v) is 16.8. The van der Waals surface area contributed by atoms with Gasteiger partial charge in [-0.3, -0.25) is 18.9 Å². The summed E-state index contributed by atoms with van der Waals surface area (Å²) < 4.78 is 1.56. The van der Waals surface area contributed by atoms with Crippen molar-refractivity contribution < 1.29 is 4.79 Å². The maximum Gasteiger partial charge on any atom is 0.258 e. The molecule has 0 spiro atoms. The summed E-state index contributed by atoms with van der Waals surface area (Å²) in [5.41, 5.74) is 6.12. The van der Waals surface area contributed by atoms with E-state index in [-0.39, 0.29) is 23.9 Å². The van der Waals surface area contributed by atoms with Gasteiger partial charge < -0.3 is 10.6 Å². The fourth-order valence-corrected chi connectivity index (χ4v) is 4.03. The highest BCUT2D eigenvalue weighted by atomic mass is 35.5. The number of amides is 1. The summed E-state index contributed by atoms with van der Waals surface area (Å²) in [7, 11) is 0. The molecule has 1 saturated heterocycles. The van der Waals surface area contributed by atoms with Crippen molar-refractivity contribution in [2.24, 2.45) is 5.73 Å². The van der Waals surface area contributed by atoms with E-state index < -0.39 is 5.54 Å². The quantitative estimate of drug-likeness (QED) is 0.820. The molecule has 1 unspecified atom stereocenters. The van der Waals surface area contributed by atoms with E-state index in [1.54, 1.807) is 16.7 Å². The van der Waals surface area contributed by atoms with E-state index in [4.69, 9.17) is 5.73 Å². The lowest BCUT2D eigenvalue weighted by Gasteiger charge is -2.38. The predicted octanol–water partition coefficient (Wildman–Crippen LogP) is 1.34. The standard InChI is InChI=1S/C17H25N5O2S.ClH/c1-3-4-17(2,18)15(24)21-7-5-20(6-8-21)12-13-11-14(23)22-9-10-25-16(22)19-13;/h9-11H,3-8,12,18H2,1-2H3;1H. The summed E-state index contributed by atoms with van der Waals surface area (Å²) in [6.07, 6.45) is 3.33. The molecule has 1 amide bonds. The largest absolute Gasteiger partial charge is 0.339 e. The third-order valence-electron chi connectivity index (χ3n) is 4.66. The van der Waals surface area contributed by atoms with Gasteiger partial charge in [0.1, 0.15) is 0 Å². The normalized spacial score (nSPS) is 17.7. The van der Waals surface area contributed by atoms with Crippen LogP contribution in [0.3, 0.4) is 0 Å². The van der Waals surface area contributed by atoms with Gasteiger partial charge in [0.15, 0.2) is 4.96 Å². The molecule has 1 atom stereocenters. The van der Waals surface area contributed by atoms with Crippen molar-refractivity contribution in [2.75, 3.05) is 26.2 Å². The van der Waals surface area contributed by atoms with Gasteiger partial charge in [-0.2, -0.15) is 0 Å². The molecule has 1 aliphatic heterocycles. The first-order valence-electron chi connectivity index (χ1n) is 8.67. The molecule has 2 aromatic heterocycles. The SMILES string of the molecule is CCCC(C)(N)C(=O)N1CCN(Cc2cc(=O)n3ccsc3n2)CC1.Cl. The summed E-state index contributed by atoms with van der Waals surface area (Å²) in [5.74, 6) is 0.0328. The molecule has 0 aliphatic carbocycles. The van der Waals surface area contributed by atoms with Crippen LogP contribution in [-0.2, 0) is 11.3 Å². The number of nitrogens with zero attached hydrogens (tertiary/aromatic N) is 4. The van der Waals surface area contributed by atoms with Crippen molar-refractivity contribution in [1.82, 2.24) is 19.2 Å². The smallest absolute Gasteiger partial charge is 0.258 e. The summed E-state index contributed by atoms with van der Waals surface area (Å²) in [6.45, 7) is 7.33. The molecule has 0 aromatic carbocycles. The van der Waals surface area contributed by atoms with Gasteiger partial charge in [0.05, 0.1) is 11.2 Å². The van der Waals surface area contributed by atoms with E-state index >= 15 is 0 Å². The average Bonchev–Trinajstić information content (AvgIpc) is 3.04. The minimum absolute atomic E-state index is 0. The first-order chi connectivity index (χ1) is 11.9. The Bertz CT molecular complexity index is 811. The Labute approximate surface area is 163 Å². The van der Waals surface area contributed by atoms with E-state index in [1.165, 1.54) is 11.3 Å². The molecule has 7 nitrogen and oxygen atoms in total. The first kappa shape index (κ1) is 20.8. The molecule has 0 saturated carbocycles. The van der Waals surface area contributed by atoms with E-state index in [0.29, 0.717) is 26.1 Å². The summed E-state index contributed by atoms with van der Waals surface area (Å²) in [6, 6.07) is 1.59. The van der Waals surface area contributed by atoms with Crippen LogP contribution in [0.25, 0.3) is 4.96 Å². The van der Waals surface area contributed by atoms with Gasteiger partial charge in [0, 0.05) is 50.4 Å². The van der Waals surface area contributed by atoms with Crippen LogP contribution < -0.4 is 11.3 Å². The Kier molecular flexibility index (Phi) is 6.79. The Morgan fingerprint density at radius 1 is 1.35 bits per heavy atom. The van der Waals surface area contributed by atoms with Crippen molar-refractivity contribution in [3.05, 3.63) is 33.7 Å². The van der Waals surface area contributed by atoms with Gasteiger partial charge in [0.2, 0.25) is 5.91 Å². The number of carbonyl (C=O) groups excluding carboxylic acids is 1. The lowest BCUT2D eigenvalue weighted by atomic mass is 9.95. The van der Waals surface area contributed by atoms with Crippen molar-refractivity contribution >= 4 is 34.6 Å². The third kappa shape index (κ3) is 4.43. The van der Waals surface area contributed by atoms with Crippen LogP contribution in [0.5, 0.6) is 0 Å². The Balaban J connectivity index is 0.00000243. The van der Waals surface area contributed by atoms with Crippen LogP contribution in [0.4, 0.5) is 0 Å². The zero-order valence-electron chi connectivity index (χ0n) is 15.2. The molecule has 1 fully saturated rings. The second-order valence-electron chi connectivity index (χ2n) is 6.88. The maximum atomic E-state index is 12.6. The molecular weight excluding hydrogens is 374 g/mol. The lowest BCUT2D eigenvalue weighted by molar-refractivity contribution is -0.138. The molecule has 9 heteroatoms. The summed E-state index contributed by atoms with van der Waals surface area (Å²) in [5, 5.41) is 1.86. The molecule has 2 N–H and O–H groups in total. The predicted molar refractivity (Wildman–Crippen MR) is 106 cm³/mol. The van der Waals surface area contributed by atoms with Gasteiger partial charge in [-0.25, -0.2) is 4.98 Å². The number of hydrogen-bond acceptors (Lipinski definition) is 6. The van der Waals surface area contributed by atoms with Gasteiger partial charge >= 0.3 is 0 Å². The van der Waals surface area contributed by atoms with Crippen molar-refractivity contribution in [2.45, 2.75) is 38.8 Å². The molecule has 144 valence electrons. The molecule has 0 radical (unpaired) electrons. The number of halogens is 1. The van der Waals surface area contributed by atoms with E-state index in [0.717, 1.165) is 30.2 Å². The van der Waals surface area contributed by atoms with Crippen LogP contribution in [0, 0.1) is 0 Å². The first-order valence-corrected chi connectivity index (χ1v) is 9.55. The third-order valence-corrected chi connectivity index (χ3v) is 5.42. The lowest BCUT2D eigenvalue weighted by Crippen LogP contribution is -2.58. The minimum Gasteiger partial charge on any atom is -0.339 e. The Hall–Kier alpha value is -1.48. The monoisotopic (exact) mass is 399 g/mol. The average molecular weight is 400 g/mol. The van der Waals surface area contributed by atoms with Crippen molar-refractivity contribution in [3.8, 4) is 0 Å². The maximum absolute atomic E-state index is 12.6. The highest BCUT2D eigenvalue weighted by Gasteiger charge is 2.33. The highest BCUT2D eigenvalue weighted by Crippen LogP contribution is 2.16. The van der Waals surface area contributed by atoms with Crippen LogP contribution in [-0.4, -0.2) is 56.8 Å². The summed E-state index contributed by atoms with van der Waals surface area (Å²) >= 11 is 1.46. The van der Waals surface area contributed by atoms with E-state index in [9.17, 15) is 9.59 Å². The number of rotatable bonds is 5. The van der Waals surface area contributed by atoms with Crippen LogP contribution in [0.1, 0.15) is 32.4 Å². The Morgan fingerprint density at radius 3 is 2.69 bits per heavy atom. The molecule has 26 heavy (non-hydrogen) atoms. The zero-order chi connectivity index (χ0) is 18.0. The molecular formula is C17H26ClN5O2S. The van der Waals surface area contributed by atoms with E-state index in [2.05, 4.69) is 9.88 Å². The fourth-order valence-electron chi connectivity index (χ4n) is 3.29. The number of aromatic nitrogens is 2. The number of fused-ring (bicyclic) bond motifs is 1. The van der Waals surface area contributed by atoms with Crippen LogP contribution >= 0.6 is 23.7 Å². The fraction of sp³-hybridized carbons (Fsp3) is 0.588. The molecule has 2 aromatic rings. The van der Waals surface area contributed by atoms with Gasteiger partial charge in [-0.05, 0) is 13.3 Å².